The first-order chi connectivity index (χ1) is 8.58. The highest BCUT2D eigenvalue weighted by molar-refractivity contribution is 9.10. The third-order valence-electron chi connectivity index (χ3n) is 2.71. The molecule has 0 saturated carbocycles. The molecule has 6 heteroatoms. The third kappa shape index (κ3) is 3.05. The molecule has 1 aromatic rings. The number of hydrogen-bond donors (Lipinski definition) is 1. The highest BCUT2D eigenvalue weighted by Crippen LogP contribution is 2.19. The van der Waals surface area contributed by atoms with Crippen molar-refractivity contribution in [1.82, 2.24) is 10.2 Å². The molecule has 1 aromatic carbocycles. The molecule has 1 unspecified atom stereocenters. The van der Waals surface area contributed by atoms with Gasteiger partial charge in [0.25, 0.3) is 5.24 Å². The molecule has 2 rings (SSSR count). The molecule has 2 amide bonds. The van der Waals surface area contributed by atoms with Gasteiger partial charge in [-0.2, -0.15) is 0 Å². The average molecular weight is 329 g/mol. The maximum atomic E-state index is 12.1. The lowest BCUT2D eigenvalue weighted by Crippen LogP contribution is -2.43. The monoisotopic (exact) mass is 328 g/mol. The largest absolute Gasteiger partial charge is 0.340 e. The van der Waals surface area contributed by atoms with Crippen LogP contribution in [0.4, 0.5) is 4.79 Å². The smallest absolute Gasteiger partial charge is 0.279 e. The van der Waals surface area contributed by atoms with Crippen LogP contribution >= 0.6 is 27.7 Å². The lowest BCUT2D eigenvalue weighted by Gasteiger charge is -2.21. The fourth-order valence-corrected chi connectivity index (χ4v) is 2.92. The van der Waals surface area contributed by atoms with Crippen molar-refractivity contribution < 1.29 is 9.59 Å². The van der Waals surface area contributed by atoms with Gasteiger partial charge in [-0.05, 0) is 11.6 Å². The van der Waals surface area contributed by atoms with E-state index in [4.69, 9.17) is 0 Å². The molecule has 1 aliphatic heterocycles. The van der Waals surface area contributed by atoms with Gasteiger partial charge >= 0.3 is 0 Å². The first kappa shape index (κ1) is 13.4. The Bertz CT molecular complexity index is 481. The first-order valence-corrected chi connectivity index (χ1v) is 7.27. The summed E-state index contributed by atoms with van der Waals surface area (Å²) < 4.78 is 0.981. The number of likely N-dealkylation sites (N-methyl/N-ethyl adjacent to an activating group) is 1. The van der Waals surface area contributed by atoms with E-state index >= 15 is 0 Å². The molecular weight excluding hydrogens is 316 g/mol. The number of nitrogens with one attached hydrogen (secondary N) is 1. The Morgan fingerprint density at radius 3 is 2.89 bits per heavy atom. The number of hydrogen-bond acceptors (Lipinski definition) is 3. The molecule has 1 N–H and O–H groups in total. The van der Waals surface area contributed by atoms with Crippen molar-refractivity contribution in [3.63, 3.8) is 0 Å². The zero-order chi connectivity index (χ0) is 13.1. The minimum Gasteiger partial charge on any atom is -0.340 e. The van der Waals surface area contributed by atoms with Gasteiger partial charge in [0.15, 0.2) is 0 Å². The summed E-state index contributed by atoms with van der Waals surface area (Å²) in [6.07, 6.45) is 0. The quantitative estimate of drug-likeness (QED) is 0.925. The van der Waals surface area contributed by atoms with Crippen LogP contribution in [0, 0.1) is 0 Å². The Morgan fingerprint density at radius 2 is 2.28 bits per heavy atom. The summed E-state index contributed by atoms with van der Waals surface area (Å²) in [4.78, 5) is 24.8. The molecule has 1 atom stereocenters. The normalized spacial score (nSPS) is 18.6. The lowest BCUT2D eigenvalue weighted by atomic mass is 10.2. The van der Waals surface area contributed by atoms with Crippen molar-refractivity contribution in [2.45, 2.75) is 12.6 Å². The average Bonchev–Trinajstić information content (AvgIpc) is 2.78. The van der Waals surface area contributed by atoms with E-state index in [-0.39, 0.29) is 11.1 Å². The van der Waals surface area contributed by atoms with Crippen LogP contribution in [-0.2, 0) is 11.3 Å². The lowest BCUT2D eigenvalue weighted by molar-refractivity contribution is -0.131. The van der Waals surface area contributed by atoms with Crippen molar-refractivity contribution in [3.05, 3.63) is 34.3 Å². The molecule has 96 valence electrons. The highest BCUT2D eigenvalue weighted by atomic mass is 79.9. The van der Waals surface area contributed by atoms with Crippen LogP contribution in [0.5, 0.6) is 0 Å². The van der Waals surface area contributed by atoms with Crippen LogP contribution in [0.3, 0.4) is 0 Å². The van der Waals surface area contributed by atoms with Gasteiger partial charge in [-0.1, -0.05) is 45.9 Å². The minimum atomic E-state index is -0.394. The van der Waals surface area contributed by atoms with Crippen LogP contribution in [0.15, 0.2) is 28.7 Å². The Kier molecular flexibility index (Phi) is 4.29. The number of amides is 2. The second-order valence-corrected chi connectivity index (χ2v) is 5.93. The van der Waals surface area contributed by atoms with Gasteiger partial charge in [-0.3, -0.25) is 9.59 Å². The van der Waals surface area contributed by atoms with Crippen LogP contribution in [0.2, 0.25) is 0 Å². The standard InChI is InChI=1S/C12H13BrN2O2S/c1-15(6-8-4-2-3-5-9(8)13)11(16)10-7-18-12(17)14-10/h2-5,10H,6-7H2,1H3,(H,14,17). The van der Waals surface area contributed by atoms with Crippen molar-refractivity contribution >= 4 is 38.8 Å². The zero-order valence-electron chi connectivity index (χ0n) is 9.85. The SMILES string of the molecule is CN(Cc1ccccc1Br)C(=O)C1CSC(=O)N1. The number of thioether (sulfide) groups is 1. The van der Waals surface area contributed by atoms with E-state index in [1.807, 2.05) is 24.3 Å². The highest BCUT2D eigenvalue weighted by Gasteiger charge is 2.30. The van der Waals surface area contributed by atoms with E-state index in [0.717, 1.165) is 21.8 Å². The topological polar surface area (TPSA) is 49.4 Å². The second kappa shape index (κ2) is 5.75. The molecule has 1 fully saturated rings. The van der Waals surface area contributed by atoms with E-state index in [2.05, 4.69) is 21.2 Å². The summed E-state index contributed by atoms with van der Waals surface area (Å²) in [5, 5.41) is 2.53. The van der Waals surface area contributed by atoms with Crippen LogP contribution < -0.4 is 5.32 Å². The van der Waals surface area contributed by atoms with E-state index in [9.17, 15) is 9.59 Å². The fourth-order valence-electron chi connectivity index (χ4n) is 1.74. The number of nitrogens with zero attached hydrogens (tertiary/aromatic N) is 1. The molecule has 0 spiro atoms. The van der Waals surface area contributed by atoms with E-state index in [0.29, 0.717) is 12.3 Å². The molecule has 0 aromatic heterocycles. The Morgan fingerprint density at radius 1 is 1.56 bits per heavy atom. The molecule has 18 heavy (non-hydrogen) atoms. The van der Waals surface area contributed by atoms with E-state index in [1.165, 1.54) is 0 Å². The first-order valence-electron chi connectivity index (χ1n) is 5.49. The zero-order valence-corrected chi connectivity index (χ0v) is 12.3. The van der Waals surface area contributed by atoms with E-state index < -0.39 is 6.04 Å². The van der Waals surface area contributed by atoms with Crippen molar-refractivity contribution in [2.24, 2.45) is 0 Å². The Labute approximate surface area is 118 Å². The molecule has 4 nitrogen and oxygen atoms in total. The van der Waals surface area contributed by atoms with Gasteiger partial charge in [-0.25, -0.2) is 0 Å². The Hall–Kier alpha value is -1.01. The molecule has 1 aliphatic rings. The molecule has 1 saturated heterocycles. The summed E-state index contributed by atoms with van der Waals surface area (Å²) in [7, 11) is 1.75. The summed E-state index contributed by atoms with van der Waals surface area (Å²) in [6, 6.07) is 7.39. The number of carbonyl (C=O) groups excluding carboxylic acids is 2. The predicted molar refractivity (Wildman–Crippen MR) is 75.4 cm³/mol. The molecular formula is C12H13BrN2O2S. The van der Waals surface area contributed by atoms with E-state index in [1.54, 1.807) is 11.9 Å². The summed E-state index contributed by atoms with van der Waals surface area (Å²) in [6.45, 7) is 0.525. The van der Waals surface area contributed by atoms with Crippen LogP contribution in [0.1, 0.15) is 5.56 Å². The van der Waals surface area contributed by atoms with Gasteiger partial charge in [0.1, 0.15) is 6.04 Å². The Balaban J connectivity index is 2.00. The summed E-state index contributed by atoms with van der Waals surface area (Å²) >= 11 is 4.61. The summed E-state index contributed by atoms with van der Waals surface area (Å²) in [5.74, 6) is 0.460. The maximum Gasteiger partial charge on any atom is 0.279 e. The number of rotatable bonds is 3. The van der Waals surface area contributed by atoms with Crippen molar-refractivity contribution in [2.75, 3.05) is 12.8 Å². The van der Waals surface area contributed by atoms with Crippen LogP contribution in [0.25, 0.3) is 0 Å². The van der Waals surface area contributed by atoms with Gasteiger partial charge in [0.2, 0.25) is 5.91 Å². The molecule has 0 bridgehead atoms. The molecule has 0 radical (unpaired) electrons. The van der Waals surface area contributed by atoms with Gasteiger partial charge < -0.3 is 10.2 Å². The number of halogens is 1. The van der Waals surface area contributed by atoms with Crippen LogP contribution in [-0.4, -0.2) is 34.9 Å². The molecule has 1 heterocycles. The second-order valence-electron chi connectivity index (χ2n) is 4.08. The summed E-state index contributed by atoms with van der Waals surface area (Å²) in [5.41, 5.74) is 1.05. The third-order valence-corrected chi connectivity index (χ3v) is 4.37. The number of carbonyl (C=O) groups is 2. The number of benzene rings is 1. The fraction of sp³-hybridized carbons (Fsp3) is 0.333. The van der Waals surface area contributed by atoms with Crippen molar-refractivity contribution in [3.8, 4) is 0 Å². The van der Waals surface area contributed by atoms with Gasteiger partial charge in [-0.15, -0.1) is 0 Å². The van der Waals surface area contributed by atoms with Crippen molar-refractivity contribution in [1.29, 1.82) is 0 Å². The van der Waals surface area contributed by atoms with Gasteiger partial charge in [0, 0.05) is 23.8 Å². The molecule has 0 aliphatic carbocycles. The minimum absolute atomic E-state index is 0.0518. The maximum absolute atomic E-state index is 12.1. The predicted octanol–water partition coefficient (Wildman–Crippen LogP) is 2.23. The van der Waals surface area contributed by atoms with Gasteiger partial charge in [0.05, 0.1) is 0 Å².